The van der Waals surface area contributed by atoms with Crippen molar-refractivity contribution < 1.29 is 13.5 Å². The molecule has 0 aliphatic rings. The molecule has 1 aromatic rings. The fraction of sp³-hybridized carbons (Fsp3) is 0.400. The summed E-state index contributed by atoms with van der Waals surface area (Å²) in [6.07, 6.45) is 0.572. The van der Waals surface area contributed by atoms with Gasteiger partial charge in [0.25, 0.3) is 0 Å². The molecule has 0 spiro atoms. The highest BCUT2D eigenvalue weighted by Gasteiger charge is 2.12. The van der Waals surface area contributed by atoms with Gasteiger partial charge in [0.05, 0.1) is 16.3 Å². The Labute approximate surface area is 101 Å². The lowest BCUT2D eigenvalue weighted by Gasteiger charge is -2.10. The quantitative estimate of drug-likeness (QED) is 0.424. The van der Waals surface area contributed by atoms with Gasteiger partial charge in [-0.2, -0.15) is 0 Å². The van der Waals surface area contributed by atoms with Gasteiger partial charge in [-0.15, -0.1) is 0 Å². The van der Waals surface area contributed by atoms with Crippen molar-refractivity contribution in [2.45, 2.75) is 11.3 Å². The monoisotopic (exact) mass is 259 g/mol. The van der Waals surface area contributed by atoms with E-state index >= 15 is 0 Å². The highest BCUT2D eigenvalue weighted by molar-refractivity contribution is 7.89. The maximum atomic E-state index is 11.6. The molecule has 0 aromatic heterocycles. The average molecular weight is 259 g/mol. The molecule has 0 unspecified atom stereocenters. The number of anilines is 2. The zero-order valence-electron chi connectivity index (χ0n) is 9.60. The number of hydrogen-bond acceptors (Lipinski definition) is 5. The van der Waals surface area contributed by atoms with Gasteiger partial charge in [0, 0.05) is 13.2 Å². The molecule has 0 fully saturated rings. The first kappa shape index (κ1) is 13.8. The summed E-state index contributed by atoms with van der Waals surface area (Å²) in [6.45, 7) is 0.602. The van der Waals surface area contributed by atoms with Crippen LogP contribution in [0.3, 0.4) is 0 Å². The summed E-state index contributed by atoms with van der Waals surface area (Å²) < 4.78 is 25.4. The molecule has 0 heterocycles. The number of rotatable bonds is 6. The standard InChI is InChI=1S/C10H17N3O3S/c1-12-17(15,16)8-3-4-9(11)10(7-8)13-5-2-6-14/h3-4,7,12-14H,2,5-6,11H2,1H3. The lowest BCUT2D eigenvalue weighted by atomic mass is 10.2. The summed E-state index contributed by atoms with van der Waals surface area (Å²) >= 11 is 0. The molecule has 0 saturated carbocycles. The summed E-state index contributed by atoms with van der Waals surface area (Å²) in [5.41, 5.74) is 6.74. The number of nitrogens with one attached hydrogen (secondary N) is 2. The van der Waals surface area contributed by atoms with Crippen molar-refractivity contribution in [2.24, 2.45) is 0 Å². The van der Waals surface area contributed by atoms with E-state index in [0.29, 0.717) is 24.3 Å². The van der Waals surface area contributed by atoms with Crippen LogP contribution in [-0.2, 0) is 10.0 Å². The number of sulfonamides is 1. The van der Waals surface area contributed by atoms with E-state index in [1.165, 1.54) is 25.2 Å². The van der Waals surface area contributed by atoms with Crippen molar-refractivity contribution in [1.29, 1.82) is 0 Å². The second-order valence-electron chi connectivity index (χ2n) is 3.46. The molecular weight excluding hydrogens is 242 g/mol. The molecule has 96 valence electrons. The van der Waals surface area contributed by atoms with Crippen molar-refractivity contribution >= 4 is 21.4 Å². The summed E-state index contributed by atoms with van der Waals surface area (Å²) in [5.74, 6) is 0. The van der Waals surface area contributed by atoms with Gasteiger partial charge in [-0.1, -0.05) is 0 Å². The van der Waals surface area contributed by atoms with Crippen LogP contribution in [0.1, 0.15) is 6.42 Å². The zero-order chi connectivity index (χ0) is 12.9. The molecule has 0 bridgehead atoms. The molecule has 6 nitrogen and oxygen atoms in total. The van der Waals surface area contributed by atoms with Gasteiger partial charge in [-0.25, -0.2) is 13.1 Å². The summed E-state index contributed by atoms with van der Waals surface area (Å²) in [6, 6.07) is 4.45. The minimum Gasteiger partial charge on any atom is -0.397 e. The van der Waals surface area contributed by atoms with Crippen LogP contribution in [0, 0.1) is 0 Å². The van der Waals surface area contributed by atoms with Crippen LogP contribution in [0.4, 0.5) is 11.4 Å². The van der Waals surface area contributed by atoms with Gasteiger partial charge in [-0.3, -0.25) is 0 Å². The van der Waals surface area contributed by atoms with E-state index in [4.69, 9.17) is 10.8 Å². The molecule has 0 aliphatic carbocycles. The number of aliphatic hydroxyl groups excluding tert-OH is 1. The van der Waals surface area contributed by atoms with Crippen LogP contribution in [0.15, 0.2) is 23.1 Å². The second-order valence-corrected chi connectivity index (χ2v) is 5.35. The Bertz CT molecular complexity index is 474. The molecule has 0 radical (unpaired) electrons. The van der Waals surface area contributed by atoms with Gasteiger partial charge in [0.2, 0.25) is 10.0 Å². The van der Waals surface area contributed by atoms with Crippen LogP contribution >= 0.6 is 0 Å². The topological polar surface area (TPSA) is 104 Å². The number of aliphatic hydroxyl groups is 1. The Morgan fingerprint density at radius 2 is 2.12 bits per heavy atom. The molecular formula is C10H17N3O3S. The fourth-order valence-electron chi connectivity index (χ4n) is 1.28. The Balaban J connectivity index is 2.95. The molecule has 7 heteroatoms. The van der Waals surface area contributed by atoms with Crippen molar-refractivity contribution in [1.82, 2.24) is 4.72 Å². The molecule has 1 aromatic carbocycles. The third kappa shape index (κ3) is 3.58. The average Bonchev–Trinajstić information content (AvgIpc) is 2.31. The van der Waals surface area contributed by atoms with E-state index in [0.717, 1.165) is 0 Å². The third-order valence-electron chi connectivity index (χ3n) is 2.25. The van der Waals surface area contributed by atoms with Crippen LogP contribution in [0.5, 0.6) is 0 Å². The van der Waals surface area contributed by atoms with Crippen molar-refractivity contribution in [3.8, 4) is 0 Å². The summed E-state index contributed by atoms with van der Waals surface area (Å²) in [7, 11) is -2.11. The Morgan fingerprint density at radius 1 is 1.41 bits per heavy atom. The number of hydrogen-bond donors (Lipinski definition) is 4. The molecule has 0 atom stereocenters. The van der Waals surface area contributed by atoms with Crippen molar-refractivity contribution in [3.05, 3.63) is 18.2 Å². The van der Waals surface area contributed by atoms with Gasteiger partial charge < -0.3 is 16.2 Å². The molecule has 0 saturated heterocycles. The van der Waals surface area contributed by atoms with Crippen molar-refractivity contribution in [2.75, 3.05) is 31.2 Å². The van der Waals surface area contributed by atoms with Crippen LogP contribution in [0.2, 0.25) is 0 Å². The first-order chi connectivity index (χ1) is 8.01. The third-order valence-corrected chi connectivity index (χ3v) is 3.67. The van der Waals surface area contributed by atoms with Gasteiger partial charge in [-0.05, 0) is 31.7 Å². The van der Waals surface area contributed by atoms with Crippen LogP contribution in [-0.4, -0.2) is 33.7 Å². The maximum absolute atomic E-state index is 11.6. The van der Waals surface area contributed by atoms with E-state index in [9.17, 15) is 8.42 Å². The lowest BCUT2D eigenvalue weighted by Crippen LogP contribution is -2.19. The maximum Gasteiger partial charge on any atom is 0.240 e. The van der Waals surface area contributed by atoms with E-state index in [1.54, 1.807) is 0 Å². The Hall–Kier alpha value is -1.31. The van der Waals surface area contributed by atoms with Crippen LogP contribution < -0.4 is 15.8 Å². The summed E-state index contributed by atoms with van der Waals surface area (Å²) in [5, 5.41) is 11.6. The minimum absolute atomic E-state index is 0.0708. The van der Waals surface area contributed by atoms with Gasteiger partial charge in [0.1, 0.15) is 0 Å². The highest BCUT2D eigenvalue weighted by atomic mass is 32.2. The van der Waals surface area contributed by atoms with Gasteiger partial charge in [0.15, 0.2) is 0 Å². The molecule has 5 N–H and O–H groups in total. The van der Waals surface area contributed by atoms with Gasteiger partial charge >= 0.3 is 0 Å². The normalized spacial score (nSPS) is 11.4. The molecule has 0 amide bonds. The van der Waals surface area contributed by atoms with Crippen LogP contribution in [0.25, 0.3) is 0 Å². The van der Waals surface area contributed by atoms with E-state index < -0.39 is 10.0 Å². The number of benzene rings is 1. The number of nitrogens with two attached hydrogens (primary N) is 1. The predicted molar refractivity (Wildman–Crippen MR) is 67.3 cm³/mol. The smallest absolute Gasteiger partial charge is 0.240 e. The fourth-order valence-corrected chi connectivity index (χ4v) is 2.03. The largest absolute Gasteiger partial charge is 0.397 e. The SMILES string of the molecule is CNS(=O)(=O)c1ccc(N)c(NCCCO)c1. The Kier molecular flexibility index (Phi) is 4.73. The minimum atomic E-state index is -3.46. The highest BCUT2D eigenvalue weighted by Crippen LogP contribution is 2.22. The van der Waals surface area contributed by atoms with Crippen molar-refractivity contribution in [3.63, 3.8) is 0 Å². The zero-order valence-corrected chi connectivity index (χ0v) is 10.4. The van der Waals surface area contributed by atoms with E-state index in [2.05, 4.69) is 10.0 Å². The summed E-state index contributed by atoms with van der Waals surface area (Å²) in [4.78, 5) is 0.153. The first-order valence-electron chi connectivity index (χ1n) is 5.19. The Morgan fingerprint density at radius 3 is 2.71 bits per heavy atom. The second kappa shape index (κ2) is 5.85. The lowest BCUT2D eigenvalue weighted by molar-refractivity contribution is 0.292. The predicted octanol–water partition coefficient (Wildman–Crippen LogP) is -0.0288. The molecule has 0 aliphatic heterocycles. The molecule has 1 rings (SSSR count). The first-order valence-corrected chi connectivity index (χ1v) is 6.67. The van der Waals surface area contributed by atoms with E-state index in [-0.39, 0.29) is 11.5 Å². The molecule has 17 heavy (non-hydrogen) atoms. The van der Waals surface area contributed by atoms with E-state index in [1.807, 2.05) is 0 Å². The number of nitrogen functional groups attached to an aromatic ring is 1.